The maximum absolute atomic E-state index is 12.4. The van der Waals surface area contributed by atoms with Crippen LogP contribution in [0.1, 0.15) is 36.0 Å². The SMILES string of the molecule is O=C(Nc1ccc(N2CCCCCC2)cc1)c1ccc([N+](=O)[O-])cc1Cl. The van der Waals surface area contributed by atoms with Crippen LogP contribution in [0.5, 0.6) is 0 Å². The summed E-state index contributed by atoms with van der Waals surface area (Å²) in [5.74, 6) is -0.396. The van der Waals surface area contributed by atoms with Crippen molar-refractivity contribution >= 4 is 34.6 Å². The molecule has 0 spiro atoms. The molecule has 6 nitrogen and oxygen atoms in total. The minimum absolute atomic E-state index is 0.0536. The Bertz CT molecular complexity index is 800. The van der Waals surface area contributed by atoms with E-state index in [0.717, 1.165) is 18.8 Å². The average molecular weight is 374 g/mol. The van der Waals surface area contributed by atoms with Crippen LogP contribution in [-0.4, -0.2) is 23.9 Å². The fourth-order valence-electron chi connectivity index (χ4n) is 3.08. The largest absolute Gasteiger partial charge is 0.372 e. The molecule has 0 bridgehead atoms. The summed E-state index contributed by atoms with van der Waals surface area (Å²) in [7, 11) is 0. The molecule has 1 heterocycles. The summed E-state index contributed by atoms with van der Waals surface area (Å²) >= 11 is 6.00. The standard InChI is InChI=1S/C19H20ClN3O3/c20-18-13-16(23(25)26)9-10-17(18)19(24)21-14-5-7-15(8-6-14)22-11-3-1-2-4-12-22/h5-10,13H,1-4,11-12H2,(H,21,24). The number of nitro benzene ring substituents is 1. The van der Waals surface area contributed by atoms with Crippen molar-refractivity contribution in [3.05, 3.63) is 63.2 Å². The zero-order valence-electron chi connectivity index (χ0n) is 14.3. The molecule has 1 fully saturated rings. The van der Waals surface area contributed by atoms with E-state index in [1.165, 1.54) is 43.9 Å². The summed E-state index contributed by atoms with van der Waals surface area (Å²) in [5.41, 5.74) is 1.86. The number of nitrogens with zero attached hydrogens (tertiary/aromatic N) is 2. The lowest BCUT2D eigenvalue weighted by atomic mass is 10.2. The summed E-state index contributed by atoms with van der Waals surface area (Å²) < 4.78 is 0. The van der Waals surface area contributed by atoms with Crippen LogP contribution in [0, 0.1) is 10.1 Å². The fourth-order valence-corrected chi connectivity index (χ4v) is 3.35. The van der Waals surface area contributed by atoms with Gasteiger partial charge in [-0.3, -0.25) is 14.9 Å². The third-order valence-corrected chi connectivity index (χ3v) is 4.82. The third-order valence-electron chi connectivity index (χ3n) is 4.50. The number of non-ortho nitro benzene ring substituents is 1. The van der Waals surface area contributed by atoms with Gasteiger partial charge in [0.25, 0.3) is 11.6 Å². The van der Waals surface area contributed by atoms with Crippen molar-refractivity contribution in [3.63, 3.8) is 0 Å². The average Bonchev–Trinajstić information content (AvgIpc) is 2.91. The van der Waals surface area contributed by atoms with Crippen LogP contribution in [0.3, 0.4) is 0 Å². The highest BCUT2D eigenvalue weighted by Gasteiger charge is 2.15. The van der Waals surface area contributed by atoms with Crippen LogP contribution in [0.2, 0.25) is 5.02 Å². The molecule has 0 aromatic heterocycles. The van der Waals surface area contributed by atoms with E-state index >= 15 is 0 Å². The summed E-state index contributed by atoms with van der Waals surface area (Å²) in [5, 5.41) is 13.6. The lowest BCUT2D eigenvalue weighted by molar-refractivity contribution is -0.384. The molecule has 1 aliphatic rings. The Morgan fingerprint density at radius 1 is 1.04 bits per heavy atom. The molecule has 0 atom stereocenters. The number of benzene rings is 2. The summed E-state index contributed by atoms with van der Waals surface area (Å²) in [4.78, 5) is 24.9. The number of amides is 1. The highest BCUT2D eigenvalue weighted by atomic mass is 35.5. The van der Waals surface area contributed by atoms with Gasteiger partial charge in [0.15, 0.2) is 0 Å². The fraction of sp³-hybridized carbons (Fsp3) is 0.316. The zero-order chi connectivity index (χ0) is 18.5. The van der Waals surface area contributed by atoms with Crippen molar-refractivity contribution in [2.45, 2.75) is 25.7 Å². The van der Waals surface area contributed by atoms with Crippen LogP contribution in [-0.2, 0) is 0 Å². The van der Waals surface area contributed by atoms with Gasteiger partial charge in [0.05, 0.1) is 15.5 Å². The second kappa shape index (κ2) is 8.19. The number of anilines is 2. The number of hydrogen-bond acceptors (Lipinski definition) is 4. The van der Waals surface area contributed by atoms with Gasteiger partial charge in [-0.2, -0.15) is 0 Å². The molecule has 2 aromatic rings. The molecule has 26 heavy (non-hydrogen) atoms. The second-order valence-electron chi connectivity index (χ2n) is 6.32. The lowest BCUT2D eigenvalue weighted by Crippen LogP contribution is -2.23. The number of carbonyl (C=O) groups excluding carboxylic acids is 1. The molecular weight excluding hydrogens is 354 g/mol. The van der Waals surface area contributed by atoms with Crippen molar-refractivity contribution in [3.8, 4) is 0 Å². The minimum Gasteiger partial charge on any atom is -0.372 e. The number of nitro groups is 1. The van der Waals surface area contributed by atoms with E-state index in [1.54, 1.807) is 0 Å². The van der Waals surface area contributed by atoms with E-state index in [4.69, 9.17) is 11.6 Å². The van der Waals surface area contributed by atoms with Crippen molar-refractivity contribution < 1.29 is 9.72 Å². The van der Waals surface area contributed by atoms with Gasteiger partial charge in [0, 0.05) is 36.6 Å². The zero-order valence-corrected chi connectivity index (χ0v) is 15.0. The number of halogens is 1. The molecular formula is C19H20ClN3O3. The van der Waals surface area contributed by atoms with Crippen LogP contribution in [0.15, 0.2) is 42.5 Å². The smallest absolute Gasteiger partial charge is 0.270 e. The predicted molar refractivity (Wildman–Crippen MR) is 103 cm³/mol. The van der Waals surface area contributed by atoms with Crippen LogP contribution >= 0.6 is 11.6 Å². The van der Waals surface area contributed by atoms with Crippen molar-refractivity contribution in [1.29, 1.82) is 0 Å². The van der Waals surface area contributed by atoms with Crippen molar-refractivity contribution in [2.24, 2.45) is 0 Å². The van der Waals surface area contributed by atoms with E-state index < -0.39 is 10.8 Å². The van der Waals surface area contributed by atoms with Gasteiger partial charge in [-0.1, -0.05) is 24.4 Å². The van der Waals surface area contributed by atoms with E-state index in [-0.39, 0.29) is 16.3 Å². The molecule has 0 saturated carbocycles. The van der Waals surface area contributed by atoms with E-state index in [9.17, 15) is 14.9 Å². The number of carbonyl (C=O) groups is 1. The molecule has 3 rings (SSSR count). The van der Waals surface area contributed by atoms with Gasteiger partial charge >= 0.3 is 0 Å². The highest BCUT2D eigenvalue weighted by Crippen LogP contribution is 2.25. The third kappa shape index (κ3) is 4.32. The van der Waals surface area contributed by atoms with Crippen LogP contribution in [0.25, 0.3) is 0 Å². The topological polar surface area (TPSA) is 75.5 Å². The quantitative estimate of drug-likeness (QED) is 0.612. The molecule has 1 amide bonds. The Kier molecular flexibility index (Phi) is 5.73. The maximum atomic E-state index is 12.4. The van der Waals surface area contributed by atoms with Crippen LogP contribution < -0.4 is 10.2 Å². The van der Waals surface area contributed by atoms with Gasteiger partial charge in [0.2, 0.25) is 0 Å². The molecule has 136 valence electrons. The number of hydrogen-bond donors (Lipinski definition) is 1. The van der Waals surface area contributed by atoms with Gasteiger partial charge in [-0.05, 0) is 43.2 Å². The number of rotatable bonds is 4. The summed E-state index contributed by atoms with van der Waals surface area (Å²) in [6.07, 6.45) is 4.97. The Morgan fingerprint density at radius 2 is 1.69 bits per heavy atom. The van der Waals surface area contributed by atoms with E-state index in [2.05, 4.69) is 10.2 Å². The van der Waals surface area contributed by atoms with Gasteiger partial charge < -0.3 is 10.2 Å². The van der Waals surface area contributed by atoms with E-state index in [1.807, 2.05) is 24.3 Å². The first-order valence-corrected chi connectivity index (χ1v) is 9.03. The normalized spacial score (nSPS) is 14.6. The molecule has 1 aliphatic heterocycles. The van der Waals surface area contributed by atoms with Crippen molar-refractivity contribution in [1.82, 2.24) is 0 Å². The van der Waals surface area contributed by atoms with Crippen molar-refractivity contribution in [2.75, 3.05) is 23.3 Å². The first kappa shape index (κ1) is 18.2. The minimum atomic E-state index is -0.547. The van der Waals surface area contributed by atoms with E-state index in [0.29, 0.717) is 5.69 Å². The molecule has 1 N–H and O–H groups in total. The summed E-state index contributed by atoms with van der Waals surface area (Å²) in [6.45, 7) is 2.12. The highest BCUT2D eigenvalue weighted by molar-refractivity contribution is 6.34. The molecule has 2 aromatic carbocycles. The number of nitrogens with one attached hydrogen (secondary N) is 1. The molecule has 1 saturated heterocycles. The van der Waals surface area contributed by atoms with Gasteiger partial charge in [0.1, 0.15) is 0 Å². The molecule has 7 heteroatoms. The predicted octanol–water partition coefficient (Wildman–Crippen LogP) is 4.88. The Morgan fingerprint density at radius 3 is 2.27 bits per heavy atom. The van der Waals surface area contributed by atoms with Gasteiger partial charge in [-0.15, -0.1) is 0 Å². The summed E-state index contributed by atoms with van der Waals surface area (Å²) in [6, 6.07) is 11.5. The maximum Gasteiger partial charge on any atom is 0.270 e. The lowest BCUT2D eigenvalue weighted by Gasteiger charge is -2.22. The Labute approximate surface area is 156 Å². The first-order valence-electron chi connectivity index (χ1n) is 8.65. The molecule has 0 radical (unpaired) electrons. The molecule has 0 aliphatic carbocycles. The monoisotopic (exact) mass is 373 g/mol. The Hall–Kier alpha value is -2.60. The Balaban J connectivity index is 1.68. The van der Waals surface area contributed by atoms with Gasteiger partial charge in [-0.25, -0.2) is 0 Å². The van der Waals surface area contributed by atoms with Crippen LogP contribution in [0.4, 0.5) is 17.1 Å². The first-order chi connectivity index (χ1) is 12.5. The second-order valence-corrected chi connectivity index (χ2v) is 6.73. The molecule has 0 unspecified atom stereocenters.